The van der Waals surface area contributed by atoms with Gasteiger partial charge in [0.1, 0.15) is 0 Å². The first-order chi connectivity index (χ1) is 8.48. The Morgan fingerprint density at radius 1 is 1.56 bits per heavy atom. The molecular formula is C14H23N3O. The maximum atomic E-state index is 5.91. The highest BCUT2D eigenvalue weighted by Crippen LogP contribution is 2.22. The van der Waals surface area contributed by atoms with Crippen LogP contribution in [-0.2, 0) is 17.8 Å². The smallest absolute Gasteiger partial charge is 0.0757 e. The zero-order chi connectivity index (χ0) is 13.2. The summed E-state index contributed by atoms with van der Waals surface area (Å²) in [6.45, 7) is 9.79. The summed E-state index contributed by atoms with van der Waals surface area (Å²) in [7, 11) is 0. The molecule has 1 aliphatic rings. The summed E-state index contributed by atoms with van der Waals surface area (Å²) < 4.78 is 5.91. The Morgan fingerprint density at radius 3 is 3.00 bits per heavy atom. The summed E-state index contributed by atoms with van der Waals surface area (Å²) in [4.78, 5) is 6.66. The molecule has 0 spiro atoms. The fourth-order valence-corrected chi connectivity index (χ4v) is 2.70. The number of morpholine rings is 1. The highest BCUT2D eigenvalue weighted by Gasteiger charge is 2.31. The van der Waals surface area contributed by atoms with Crippen LogP contribution in [0, 0.1) is 0 Å². The zero-order valence-corrected chi connectivity index (χ0v) is 11.5. The molecule has 0 aliphatic carbocycles. The Morgan fingerprint density at radius 2 is 2.33 bits per heavy atom. The summed E-state index contributed by atoms with van der Waals surface area (Å²) in [5.74, 6) is 0. The Labute approximate surface area is 109 Å². The van der Waals surface area contributed by atoms with Crippen molar-refractivity contribution in [1.29, 1.82) is 0 Å². The molecule has 4 nitrogen and oxygen atoms in total. The molecular weight excluding hydrogens is 226 g/mol. The van der Waals surface area contributed by atoms with Gasteiger partial charge in [0.05, 0.1) is 17.4 Å². The van der Waals surface area contributed by atoms with E-state index in [1.165, 1.54) is 5.56 Å². The van der Waals surface area contributed by atoms with E-state index in [0.29, 0.717) is 6.54 Å². The Balaban J connectivity index is 2.04. The van der Waals surface area contributed by atoms with Gasteiger partial charge in [0.25, 0.3) is 0 Å². The largest absolute Gasteiger partial charge is 0.370 e. The van der Waals surface area contributed by atoms with Gasteiger partial charge >= 0.3 is 0 Å². The lowest BCUT2D eigenvalue weighted by molar-refractivity contribution is -0.130. The van der Waals surface area contributed by atoms with Crippen molar-refractivity contribution in [3.05, 3.63) is 29.6 Å². The third-order valence-corrected chi connectivity index (χ3v) is 3.14. The van der Waals surface area contributed by atoms with Crippen molar-refractivity contribution in [2.45, 2.75) is 45.6 Å². The molecule has 1 aromatic heterocycles. The molecule has 0 amide bonds. The number of nitrogens with two attached hydrogens (primary N) is 1. The SMILES string of the molecule is CC1CN(Cc2ccnc(CN)c2)CC(C)(C)O1. The molecule has 2 rings (SSSR count). The lowest BCUT2D eigenvalue weighted by Crippen LogP contribution is -2.51. The van der Waals surface area contributed by atoms with Crippen LogP contribution >= 0.6 is 0 Å². The van der Waals surface area contributed by atoms with Crippen molar-refractivity contribution >= 4 is 0 Å². The third-order valence-electron chi connectivity index (χ3n) is 3.14. The van der Waals surface area contributed by atoms with Crippen molar-refractivity contribution in [2.75, 3.05) is 13.1 Å². The summed E-state index contributed by atoms with van der Waals surface area (Å²) in [6, 6.07) is 4.15. The molecule has 0 saturated carbocycles. The van der Waals surface area contributed by atoms with Crippen LogP contribution < -0.4 is 5.73 Å². The molecule has 1 fully saturated rings. The van der Waals surface area contributed by atoms with E-state index in [1.807, 2.05) is 6.20 Å². The molecule has 2 heterocycles. The lowest BCUT2D eigenvalue weighted by Gasteiger charge is -2.41. The minimum absolute atomic E-state index is 0.0681. The molecule has 0 aromatic carbocycles. The maximum Gasteiger partial charge on any atom is 0.0757 e. The molecule has 18 heavy (non-hydrogen) atoms. The number of pyridine rings is 1. The summed E-state index contributed by atoms with van der Waals surface area (Å²) in [5, 5.41) is 0. The summed E-state index contributed by atoms with van der Waals surface area (Å²) in [5.41, 5.74) is 7.78. The first kappa shape index (κ1) is 13.5. The number of hydrogen-bond donors (Lipinski definition) is 1. The van der Waals surface area contributed by atoms with Crippen LogP contribution in [0.5, 0.6) is 0 Å². The number of aromatic nitrogens is 1. The van der Waals surface area contributed by atoms with E-state index >= 15 is 0 Å². The van der Waals surface area contributed by atoms with Gasteiger partial charge in [0.2, 0.25) is 0 Å². The van der Waals surface area contributed by atoms with Gasteiger partial charge in [-0.15, -0.1) is 0 Å². The van der Waals surface area contributed by atoms with Crippen molar-refractivity contribution < 1.29 is 4.74 Å². The van der Waals surface area contributed by atoms with Crippen molar-refractivity contribution in [2.24, 2.45) is 5.73 Å². The van der Waals surface area contributed by atoms with Crippen LogP contribution in [0.15, 0.2) is 18.3 Å². The van der Waals surface area contributed by atoms with Crippen molar-refractivity contribution in [3.63, 3.8) is 0 Å². The maximum absolute atomic E-state index is 5.91. The molecule has 1 atom stereocenters. The standard InChI is InChI=1S/C14H23N3O/c1-11-8-17(10-14(2,3)18-11)9-12-4-5-16-13(6-12)7-15/h4-6,11H,7-10,15H2,1-3H3. The highest BCUT2D eigenvalue weighted by molar-refractivity contribution is 5.16. The Hall–Kier alpha value is -0.970. The normalized spacial score (nSPS) is 24.1. The first-order valence-corrected chi connectivity index (χ1v) is 6.52. The van der Waals surface area contributed by atoms with Crippen LogP contribution in [-0.4, -0.2) is 34.7 Å². The monoisotopic (exact) mass is 249 g/mol. The number of hydrogen-bond acceptors (Lipinski definition) is 4. The van der Waals surface area contributed by atoms with Crippen LogP contribution in [0.2, 0.25) is 0 Å². The molecule has 100 valence electrons. The number of nitrogens with zero attached hydrogens (tertiary/aromatic N) is 2. The average molecular weight is 249 g/mol. The van der Waals surface area contributed by atoms with Gasteiger partial charge in [-0.1, -0.05) is 0 Å². The van der Waals surface area contributed by atoms with Gasteiger partial charge in [0.15, 0.2) is 0 Å². The average Bonchev–Trinajstić information content (AvgIpc) is 2.26. The summed E-state index contributed by atoms with van der Waals surface area (Å²) in [6.07, 6.45) is 2.12. The predicted octanol–water partition coefficient (Wildman–Crippen LogP) is 1.54. The number of rotatable bonds is 3. The Kier molecular flexibility index (Phi) is 4.00. The van der Waals surface area contributed by atoms with Crippen LogP contribution in [0.4, 0.5) is 0 Å². The molecule has 0 radical (unpaired) electrons. The first-order valence-electron chi connectivity index (χ1n) is 6.52. The lowest BCUT2D eigenvalue weighted by atomic mass is 10.0. The second kappa shape index (κ2) is 5.34. The van der Waals surface area contributed by atoms with Crippen molar-refractivity contribution in [1.82, 2.24) is 9.88 Å². The molecule has 1 aliphatic heterocycles. The van der Waals surface area contributed by atoms with Crippen LogP contribution in [0.3, 0.4) is 0 Å². The minimum Gasteiger partial charge on any atom is -0.370 e. The Bertz CT molecular complexity index is 406. The van der Waals surface area contributed by atoms with Crippen LogP contribution in [0.25, 0.3) is 0 Å². The van der Waals surface area contributed by atoms with Gasteiger partial charge < -0.3 is 10.5 Å². The second-order valence-electron chi connectivity index (χ2n) is 5.72. The topological polar surface area (TPSA) is 51.4 Å². The fourth-order valence-electron chi connectivity index (χ4n) is 2.70. The van der Waals surface area contributed by atoms with Gasteiger partial charge in [-0.25, -0.2) is 0 Å². The highest BCUT2D eigenvalue weighted by atomic mass is 16.5. The van der Waals surface area contributed by atoms with E-state index in [4.69, 9.17) is 10.5 Å². The second-order valence-corrected chi connectivity index (χ2v) is 5.72. The summed E-state index contributed by atoms with van der Waals surface area (Å²) >= 11 is 0. The number of ether oxygens (including phenoxy) is 1. The predicted molar refractivity (Wildman–Crippen MR) is 72.0 cm³/mol. The zero-order valence-electron chi connectivity index (χ0n) is 11.5. The molecule has 2 N–H and O–H groups in total. The van der Waals surface area contributed by atoms with E-state index in [9.17, 15) is 0 Å². The van der Waals surface area contributed by atoms with Gasteiger partial charge in [-0.2, -0.15) is 0 Å². The van der Waals surface area contributed by atoms with E-state index in [2.05, 4.69) is 42.8 Å². The molecule has 1 aromatic rings. The van der Waals surface area contributed by atoms with Gasteiger partial charge in [-0.3, -0.25) is 9.88 Å². The molecule has 1 saturated heterocycles. The minimum atomic E-state index is -0.0681. The molecule has 0 bridgehead atoms. The van der Waals surface area contributed by atoms with Crippen molar-refractivity contribution in [3.8, 4) is 0 Å². The quantitative estimate of drug-likeness (QED) is 0.883. The third kappa shape index (κ3) is 3.51. The van der Waals surface area contributed by atoms with E-state index in [1.54, 1.807) is 0 Å². The fraction of sp³-hybridized carbons (Fsp3) is 0.643. The van der Waals surface area contributed by atoms with E-state index < -0.39 is 0 Å². The van der Waals surface area contributed by atoms with Gasteiger partial charge in [0, 0.05) is 32.4 Å². The van der Waals surface area contributed by atoms with E-state index in [-0.39, 0.29) is 11.7 Å². The molecule has 1 unspecified atom stereocenters. The molecule has 4 heteroatoms. The van der Waals surface area contributed by atoms with Gasteiger partial charge in [-0.05, 0) is 38.5 Å². The van der Waals surface area contributed by atoms with Crippen LogP contribution in [0.1, 0.15) is 32.0 Å². The van der Waals surface area contributed by atoms with E-state index in [0.717, 1.165) is 25.3 Å².